The highest BCUT2D eigenvalue weighted by Crippen LogP contribution is 2.34. The molecule has 0 saturated carbocycles. The average molecular weight is 415 g/mol. The van der Waals surface area contributed by atoms with Gasteiger partial charge in [-0.2, -0.15) is 0 Å². The molecule has 0 radical (unpaired) electrons. The van der Waals surface area contributed by atoms with Crippen LogP contribution in [0.3, 0.4) is 0 Å². The lowest BCUT2D eigenvalue weighted by Gasteiger charge is -2.11. The summed E-state index contributed by atoms with van der Waals surface area (Å²) in [6.45, 7) is 1.98. The molecule has 0 amide bonds. The summed E-state index contributed by atoms with van der Waals surface area (Å²) in [5.74, 6) is -0.533. The van der Waals surface area contributed by atoms with Crippen molar-refractivity contribution in [3.8, 4) is 0 Å². The molecule has 0 unspecified atom stereocenters. The van der Waals surface area contributed by atoms with Crippen molar-refractivity contribution < 1.29 is 14.5 Å². The van der Waals surface area contributed by atoms with Gasteiger partial charge in [0, 0.05) is 11.9 Å². The molecule has 0 aliphatic rings. The van der Waals surface area contributed by atoms with Gasteiger partial charge in [0.05, 0.1) is 22.8 Å². The van der Waals surface area contributed by atoms with Gasteiger partial charge in [-0.05, 0) is 43.3 Å². The second kappa shape index (κ2) is 8.93. The Bertz CT molecular complexity index is 1040. The molecule has 0 atom stereocenters. The number of hydrogen-bond acceptors (Lipinski definition) is 9. The molecule has 148 valence electrons. The smallest absolute Gasteiger partial charge is 0.353 e. The summed E-state index contributed by atoms with van der Waals surface area (Å²) < 4.78 is 4.93. The molecule has 0 aliphatic heterocycles. The number of carbonyl (C=O) groups is 1. The van der Waals surface area contributed by atoms with E-state index in [9.17, 15) is 14.9 Å². The standard InChI is InChI=1S/C18H15ClN6O4/c1-2-29-18(26)11-5-7-12(8-6-11)23-16-14(25(27)28)17(22-10-21-16)24-13-4-3-9-20-15(13)19/h3-10H,2H2,1H3,(H2,21,22,23,24). The van der Waals surface area contributed by atoms with Crippen molar-refractivity contribution in [2.24, 2.45) is 0 Å². The first-order valence-corrected chi connectivity index (χ1v) is 8.78. The molecule has 1 aromatic carbocycles. The highest BCUT2D eigenvalue weighted by Gasteiger charge is 2.24. The molecule has 2 N–H and O–H groups in total. The number of ether oxygens (including phenoxy) is 1. The van der Waals surface area contributed by atoms with E-state index in [0.29, 0.717) is 16.9 Å². The van der Waals surface area contributed by atoms with Crippen LogP contribution < -0.4 is 10.6 Å². The summed E-state index contributed by atoms with van der Waals surface area (Å²) in [4.78, 5) is 34.6. The largest absolute Gasteiger partial charge is 0.462 e. The molecule has 2 aromatic heterocycles. The third-order valence-electron chi connectivity index (χ3n) is 3.68. The Morgan fingerprint density at radius 2 is 1.83 bits per heavy atom. The summed E-state index contributed by atoms with van der Waals surface area (Å²) in [7, 11) is 0. The molecule has 10 nitrogen and oxygen atoms in total. The van der Waals surface area contributed by atoms with Crippen molar-refractivity contribution in [1.29, 1.82) is 0 Å². The zero-order chi connectivity index (χ0) is 20.8. The van der Waals surface area contributed by atoms with Crippen LogP contribution >= 0.6 is 11.6 Å². The second-order valence-corrected chi connectivity index (χ2v) is 5.92. The monoisotopic (exact) mass is 414 g/mol. The van der Waals surface area contributed by atoms with E-state index in [1.807, 2.05) is 0 Å². The van der Waals surface area contributed by atoms with Gasteiger partial charge in [0.1, 0.15) is 6.33 Å². The van der Waals surface area contributed by atoms with Crippen LogP contribution in [0, 0.1) is 10.1 Å². The van der Waals surface area contributed by atoms with Crippen LogP contribution in [0.25, 0.3) is 0 Å². The quantitative estimate of drug-likeness (QED) is 0.253. The van der Waals surface area contributed by atoms with Gasteiger partial charge in [-0.15, -0.1) is 0 Å². The van der Waals surface area contributed by atoms with Crippen molar-refractivity contribution in [3.63, 3.8) is 0 Å². The van der Waals surface area contributed by atoms with E-state index in [0.717, 1.165) is 0 Å². The van der Waals surface area contributed by atoms with Gasteiger partial charge < -0.3 is 15.4 Å². The highest BCUT2D eigenvalue weighted by molar-refractivity contribution is 6.32. The maximum atomic E-state index is 11.7. The maximum absolute atomic E-state index is 11.7. The number of pyridine rings is 1. The third kappa shape index (κ3) is 4.74. The van der Waals surface area contributed by atoms with Crippen LogP contribution in [0.4, 0.5) is 28.7 Å². The number of carbonyl (C=O) groups excluding carboxylic acids is 1. The van der Waals surface area contributed by atoms with Crippen LogP contribution in [0.1, 0.15) is 17.3 Å². The SMILES string of the molecule is CCOC(=O)c1ccc(Nc2ncnc(Nc3cccnc3Cl)c2[N+](=O)[O-])cc1. The summed E-state index contributed by atoms with van der Waals surface area (Å²) >= 11 is 6.00. The minimum absolute atomic E-state index is 0.0311. The number of halogens is 1. The summed E-state index contributed by atoms with van der Waals surface area (Å²) in [6, 6.07) is 9.50. The van der Waals surface area contributed by atoms with Gasteiger partial charge in [0.25, 0.3) is 0 Å². The average Bonchev–Trinajstić information content (AvgIpc) is 2.70. The van der Waals surface area contributed by atoms with Crippen LogP contribution in [0.15, 0.2) is 48.9 Å². The molecule has 3 rings (SSSR count). The van der Waals surface area contributed by atoms with E-state index < -0.39 is 10.9 Å². The molecule has 3 aromatic rings. The van der Waals surface area contributed by atoms with Gasteiger partial charge in [0.2, 0.25) is 11.6 Å². The minimum Gasteiger partial charge on any atom is -0.462 e. The lowest BCUT2D eigenvalue weighted by atomic mass is 10.2. The van der Waals surface area contributed by atoms with Gasteiger partial charge in [-0.1, -0.05) is 11.6 Å². The predicted molar refractivity (Wildman–Crippen MR) is 107 cm³/mol. The Morgan fingerprint density at radius 1 is 1.14 bits per heavy atom. The Labute approximate surface area is 170 Å². The molecule has 0 aliphatic carbocycles. The lowest BCUT2D eigenvalue weighted by molar-refractivity contribution is -0.383. The predicted octanol–water partition coefficient (Wildman–Crippen LogP) is 4.10. The normalized spacial score (nSPS) is 10.3. The first-order valence-electron chi connectivity index (χ1n) is 8.40. The molecule has 2 heterocycles. The number of aromatic nitrogens is 3. The molecule has 0 spiro atoms. The van der Waals surface area contributed by atoms with E-state index in [1.54, 1.807) is 43.3 Å². The summed E-state index contributed by atoms with van der Waals surface area (Å²) in [5, 5.41) is 17.5. The fourth-order valence-electron chi connectivity index (χ4n) is 2.38. The van der Waals surface area contributed by atoms with Gasteiger partial charge in [-0.25, -0.2) is 19.7 Å². The Hall–Kier alpha value is -3.79. The summed E-state index contributed by atoms with van der Waals surface area (Å²) in [5.41, 5.74) is 0.843. The maximum Gasteiger partial charge on any atom is 0.353 e. The van der Waals surface area contributed by atoms with Crippen LogP contribution in [0.2, 0.25) is 5.15 Å². The van der Waals surface area contributed by atoms with Gasteiger partial charge in [0.15, 0.2) is 5.15 Å². The van der Waals surface area contributed by atoms with Crippen LogP contribution in [-0.2, 0) is 4.74 Å². The fourth-order valence-corrected chi connectivity index (χ4v) is 2.55. The zero-order valence-electron chi connectivity index (χ0n) is 15.1. The van der Waals surface area contributed by atoms with Crippen molar-refractivity contribution in [1.82, 2.24) is 15.0 Å². The number of nitro groups is 1. The number of benzene rings is 1. The van der Waals surface area contributed by atoms with E-state index in [4.69, 9.17) is 16.3 Å². The van der Waals surface area contributed by atoms with E-state index in [2.05, 4.69) is 25.6 Å². The fraction of sp³-hybridized carbons (Fsp3) is 0.111. The number of nitrogens with zero attached hydrogens (tertiary/aromatic N) is 4. The minimum atomic E-state index is -0.609. The Morgan fingerprint density at radius 3 is 2.45 bits per heavy atom. The number of esters is 1. The first-order chi connectivity index (χ1) is 14.0. The molecule has 11 heteroatoms. The third-order valence-corrected chi connectivity index (χ3v) is 3.98. The molecule has 0 fully saturated rings. The lowest BCUT2D eigenvalue weighted by Crippen LogP contribution is -2.06. The van der Waals surface area contributed by atoms with Crippen LogP contribution in [-0.4, -0.2) is 32.5 Å². The van der Waals surface area contributed by atoms with Crippen molar-refractivity contribution >= 4 is 46.3 Å². The molecular weight excluding hydrogens is 400 g/mol. The topological polar surface area (TPSA) is 132 Å². The molecule has 29 heavy (non-hydrogen) atoms. The second-order valence-electron chi connectivity index (χ2n) is 5.57. The molecule has 0 bridgehead atoms. The molecule has 0 saturated heterocycles. The zero-order valence-corrected chi connectivity index (χ0v) is 15.9. The van der Waals surface area contributed by atoms with Crippen molar-refractivity contribution in [2.45, 2.75) is 6.92 Å². The first kappa shape index (κ1) is 20.0. The Balaban J connectivity index is 1.89. The van der Waals surface area contributed by atoms with Gasteiger partial charge >= 0.3 is 11.7 Å². The number of hydrogen-bond donors (Lipinski definition) is 2. The van der Waals surface area contributed by atoms with Gasteiger partial charge in [-0.3, -0.25) is 10.1 Å². The molecular formula is C18H15ClN6O4. The van der Waals surface area contributed by atoms with E-state index >= 15 is 0 Å². The van der Waals surface area contributed by atoms with Crippen molar-refractivity contribution in [3.05, 3.63) is 69.8 Å². The number of rotatable bonds is 7. The number of anilines is 4. The van der Waals surface area contributed by atoms with E-state index in [1.165, 1.54) is 12.5 Å². The number of nitrogens with one attached hydrogen (secondary N) is 2. The summed E-state index contributed by atoms with van der Waals surface area (Å²) in [6.07, 6.45) is 2.67. The Kier molecular flexibility index (Phi) is 6.15. The van der Waals surface area contributed by atoms with Crippen LogP contribution in [0.5, 0.6) is 0 Å². The van der Waals surface area contributed by atoms with Crippen molar-refractivity contribution in [2.75, 3.05) is 17.2 Å². The van der Waals surface area contributed by atoms with E-state index in [-0.39, 0.29) is 29.1 Å². The highest BCUT2D eigenvalue weighted by atomic mass is 35.5.